The molecule has 4 rings (SSSR count). The minimum atomic E-state index is -0.157. The largest absolute Gasteiger partial charge is 0.336 e. The number of benzene rings is 3. The second-order valence-electron chi connectivity index (χ2n) is 7.75. The van der Waals surface area contributed by atoms with Gasteiger partial charge in [-0.15, -0.1) is 0 Å². The van der Waals surface area contributed by atoms with E-state index in [1.54, 1.807) is 0 Å². The second kappa shape index (κ2) is 9.94. The van der Waals surface area contributed by atoms with Crippen LogP contribution in [0.1, 0.15) is 22.5 Å². The van der Waals surface area contributed by atoms with Crippen LogP contribution in [0.15, 0.2) is 78.9 Å². The van der Waals surface area contributed by atoms with Gasteiger partial charge in [0.2, 0.25) is 0 Å². The Hall–Kier alpha value is -3.60. The molecule has 0 aliphatic heterocycles. The zero-order chi connectivity index (χ0) is 21.5. The highest BCUT2D eigenvalue weighted by molar-refractivity contribution is 5.76. The van der Waals surface area contributed by atoms with Crippen molar-refractivity contribution < 1.29 is 4.79 Å². The molecule has 31 heavy (non-hydrogen) atoms. The standard InChI is InChI=1S/C26H28N4O/c1-20-11-13-22(14-12-20)19-28-26(31)27-17-18-30-24-10-6-5-9-23(24)29-25(30)16-15-21-7-3-2-4-8-21/h2-14H,15-19H2,1H3,(H2,27,28,31). The van der Waals surface area contributed by atoms with Crippen molar-refractivity contribution in [3.05, 3.63) is 101 Å². The maximum Gasteiger partial charge on any atom is 0.315 e. The summed E-state index contributed by atoms with van der Waals surface area (Å²) >= 11 is 0. The Balaban J connectivity index is 1.35. The molecule has 3 aromatic carbocycles. The lowest BCUT2D eigenvalue weighted by molar-refractivity contribution is 0.240. The van der Waals surface area contributed by atoms with E-state index in [-0.39, 0.29) is 6.03 Å². The number of urea groups is 1. The Labute approximate surface area is 183 Å². The fourth-order valence-corrected chi connectivity index (χ4v) is 3.70. The zero-order valence-electron chi connectivity index (χ0n) is 17.8. The predicted molar refractivity (Wildman–Crippen MR) is 125 cm³/mol. The van der Waals surface area contributed by atoms with Gasteiger partial charge in [-0.2, -0.15) is 0 Å². The molecule has 0 spiro atoms. The number of nitrogens with one attached hydrogen (secondary N) is 2. The van der Waals surface area contributed by atoms with E-state index in [9.17, 15) is 4.79 Å². The molecule has 5 nitrogen and oxygen atoms in total. The van der Waals surface area contributed by atoms with E-state index in [1.165, 1.54) is 11.1 Å². The van der Waals surface area contributed by atoms with Gasteiger partial charge in [0.1, 0.15) is 5.82 Å². The SMILES string of the molecule is Cc1ccc(CNC(=O)NCCn2c(CCc3ccccc3)nc3ccccc32)cc1. The predicted octanol–water partition coefficient (Wildman–Crippen LogP) is 4.63. The minimum Gasteiger partial charge on any atom is -0.336 e. The number of imidazole rings is 1. The molecule has 0 bridgehead atoms. The molecule has 0 fully saturated rings. The smallest absolute Gasteiger partial charge is 0.315 e. The van der Waals surface area contributed by atoms with Crippen molar-refractivity contribution >= 4 is 17.1 Å². The summed E-state index contributed by atoms with van der Waals surface area (Å²) in [4.78, 5) is 17.1. The summed E-state index contributed by atoms with van der Waals surface area (Å²) in [6.07, 6.45) is 1.80. The molecule has 0 unspecified atom stereocenters. The third kappa shape index (κ3) is 5.51. The molecular weight excluding hydrogens is 384 g/mol. The van der Waals surface area contributed by atoms with E-state index in [0.717, 1.165) is 35.3 Å². The highest BCUT2D eigenvalue weighted by Gasteiger charge is 2.11. The van der Waals surface area contributed by atoms with Gasteiger partial charge < -0.3 is 15.2 Å². The summed E-state index contributed by atoms with van der Waals surface area (Å²) in [6, 6.07) is 26.6. The van der Waals surface area contributed by atoms with Crippen LogP contribution in [0.5, 0.6) is 0 Å². The summed E-state index contributed by atoms with van der Waals surface area (Å²) in [6.45, 7) is 3.79. The van der Waals surface area contributed by atoms with Gasteiger partial charge in [0.15, 0.2) is 0 Å². The summed E-state index contributed by atoms with van der Waals surface area (Å²) in [5, 5.41) is 5.89. The van der Waals surface area contributed by atoms with E-state index in [2.05, 4.69) is 64.6 Å². The monoisotopic (exact) mass is 412 g/mol. The lowest BCUT2D eigenvalue weighted by atomic mass is 10.1. The first kappa shape index (κ1) is 20.7. The van der Waals surface area contributed by atoms with Crippen molar-refractivity contribution in [2.75, 3.05) is 6.54 Å². The molecule has 2 amide bonds. The second-order valence-corrected chi connectivity index (χ2v) is 7.75. The number of carbonyl (C=O) groups is 1. The van der Waals surface area contributed by atoms with Gasteiger partial charge in [-0.3, -0.25) is 0 Å². The fourth-order valence-electron chi connectivity index (χ4n) is 3.70. The van der Waals surface area contributed by atoms with Gasteiger partial charge in [0.05, 0.1) is 11.0 Å². The highest BCUT2D eigenvalue weighted by atomic mass is 16.2. The van der Waals surface area contributed by atoms with E-state index >= 15 is 0 Å². The zero-order valence-corrected chi connectivity index (χ0v) is 17.8. The Morgan fingerprint density at radius 3 is 2.39 bits per heavy atom. The first-order valence-electron chi connectivity index (χ1n) is 10.7. The van der Waals surface area contributed by atoms with Gasteiger partial charge >= 0.3 is 6.03 Å². The van der Waals surface area contributed by atoms with E-state index in [1.807, 2.05) is 36.4 Å². The van der Waals surface area contributed by atoms with Crippen LogP contribution in [0.25, 0.3) is 11.0 Å². The molecule has 158 valence electrons. The van der Waals surface area contributed by atoms with Gasteiger partial charge in [0.25, 0.3) is 0 Å². The number of carbonyl (C=O) groups excluding carboxylic acids is 1. The van der Waals surface area contributed by atoms with Crippen LogP contribution >= 0.6 is 0 Å². The quantitative estimate of drug-likeness (QED) is 0.443. The van der Waals surface area contributed by atoms with Crippen molar-refractivity contribution in [1.82, 2.24) is 20.2 Å². The van der Waals surface area contributed by atoms with E-state index in [4.69, 9.17) is 4.98 Å². The molecular formula is C26H28N4O. The van der Waals surface area contributed by atoms with Gasteiger partial charge in [0, 0.05) is 26.1 Å². The minimum absolute atomic E-state index is 0.157. The molecule has 2 N–H and O–H groups in total. The number of hydrogen-bond donors (Lipinski definition) is 2. The lowest BCUT2D eigenvalue weighted by Crippen LogP contribution is -2.36. The van der Waals surface area contributed by atoms with Crippen molar-refractivity contribution in [2.24, 2.45) is 0 Å². The van der Waals surface area contributed by atoms with Gasteiger partial charge in [-0.1, -0.05) is 72.3 Å². The lowest BCUT2D eigenvalue weighted by Gasteiger charge is -2.11. The van der Waals surface area contributed by atoms with Crippen LogP contribution < -0.4 is 10.6 Å². The molecule has 0 saturated carbocycles. The van der Waals surface area contributed by atoms with Gasteiger partial charge in [-0.25, -0.2) is 9.78 Å². The number of aromatic nitrogens is 2. The highest BCUT2D eigenvalue weighted by Crippen LogP contribution is 2.17. The number of rotatable bonds is 8. The summed E-state index contributed by atoms with van der Waals surface area (Å²) < 4.78 is 2.22. The molecule has 0 atom stereocenters. The molecule has 0 saturated heterocycles. The van der Waals surface area contributed by atoms with Crippen LogP contribution in [0, 0.1) is 6.92 Å². The molecule has 4 aromatic rings. The molecule has 0 aliphatic rings. The third-order valence-electron chi connectivity index (χ3n) is 5.41. The van der Waals surface area contributed by atoms with Gasteiger partial charge in [-0.05, 0) is 36.6 Å². The summed E-state index contributed by atoms with van der Waals surface area (Å²) in [5.74, 6) is 1.05. The number of hydrogen-bond acceptors (Lipinski definition) is 2. The summed E-state index contributed by atoms with van der Waals surface area (Å²) in [5.41, 5.74) is 5.70. The normalized spacial score (nSPS) is 10.9. The number of nitrogens with zero attached hydrogens (tertiary/aromatic N) is 2. The number of amides is 2. The van der Waals surface area contributed by atoms with Crippen LogP contribution in [0.3, 0.4) is 0 Å². The van der Waals surface area contributed by atoms with Crippen LogP contribution in [-0.2, 0) is 25.9 Å². The molecule has 1 heterocycles. The third-order valence-corrected chi connectivity index (χ3v) is 5.41. The van der Waals surface area contributed by atoms with Crippen LogP contribution in [0.4, 0.5) is 4.79 Å². The Kier molecular flexibility index (Phi) is 6.62. The topological polar surface area (TPSA) is 59.0 Å². The van der Waals surface area contributed by atoms with E-state index in [0.29, 0.717) is 19.6 Å². The molecule has 0 radical (unpaired) electrons. The molecule has 5 heteroatoms. The average molecular weight is 413 g/mol. The number of aryl methyl sites for hydroxylation is 3. The maximum absolute atomic E-state index is 12.2. The first-order valence-corrected chi connectivity index (χ1v) is 10.7. The number of para-hydroxylation sites is 2. The van der Waals surface area contributed by atoms with Crippen molar-refractivity contribution in [3.63, 3.8) is 0 Å². The van der Waals surface area contributed by atoms with Crippen LogP contribution in [0.2, 0.25) is 0 Å². The van der Waals surface area contributed by atoms with Crippen molar-refractivity contribution in [3.8, 4) is 0 Å². The first-order chi connectivity index (χ1) is 15.2. The molecule has 1 aromatic heterocycles. The Bertz CT molecular complexity index is 1130. The average Bonchev–Trinajstić information content (AvgIpc) is 3.15. The summed E-state index contributed by atoms with van der Waals surface area (Å²) in [7, 11) is 0. The maximum atomic E-state index is 12.2. The van der Waals surface area contributed by atoms with E-state index < -0.39 is 0 Å². The van der Waals surface area contributed by atoms with Crippen molar-refractivity contribution in [1.29, 1.82) is 0 Å². The van der Waals surface area contributed by atoms with Crippen molar-refractivity contribution in [2.45, 2.75) is 32.9 Å². The Morgan fingerprint density at radius 1 is 0.839 bits per heavy atom. The Morgan fingerprint density at radius 2 is 1.58 bits per heavy atom. The number of fused-ring (bicyclic) bond motifs is 1. The molecule has 0 aliphatic carbocycles. The fraction of sp³-hybridized carbons (Fsp3) is 0.231. The van der Waals surface area contributed by atoms with Crippen LogP contribution in [-0.4, -0.2) is 22.1 Å².